The van der Waals surface area contributed by atoms with Gasteiger partial charge in [-0.2, -0.15) is 5.10 Å². The maximum absolute atomic E-state index is 12.4. The second-order valence-corrected chi connectivity index (χ2v) is 7.85. The zero-order chi connectivity index (χ0) is 17.3. The van der Waals surface area contributed by atoms with Crippen molar-refractivity contribution in [1.82, 2.24) is 25.0 Å². The number of rotatable bonds is 4. The third-order valence-electron chi connectivity index (χ3n) is 4.52. The van der Waals surface area contributed by atoms with Crippen LogP contribution in [0.5, 0.6) is 0 Å². The molecule has 0 saturated carbocycles. The molecule has 3 heterocycles. The van der Waals surface area contributed by atoms with E-state index in [0.29, 0.717) is 5.69 Å². The third-order valence-corrected chi connectivity index (χ3v) is 5.58. The molecule has 1 amide bonds. The maximum atomic E-state index is 12.4. The van der Waals surface area contributed by atoms with Crippen LogP contribution in [0.3, 0.4) is 0 Å². The molecule has 2 aromatic heterocycles. The molecule has 2 aromatic rings. The molecule has 0 spiro atoms. The Morgan fingerprint density at radius 3 is 2.58 bits per heavy atom. The summed E-state index contributed by atoms with van der Waals surface area (Å²) < 4.78 is 1.65. The van der Waals surface area contributed by atoms with Gasteiger partial charge in [0.05, 0.1) is 16.4 Å². The number of aromatic nitrogens is 3. The Balaban J connectivity index is 1.51. The van der Waals surface area contributed by atoms with E-state index in [-0.39, 0.29) is 11.9 Å². The summed E-state index contributed by atoms with van der Waals surface area (Å²) in [5, 5.41) is 8.53. The quantitative estimate of drug-likeness (QED) is 0.921. The van der Waals surface area contributed by atoms with Gasteiger partial charge in [0.15, 0.2) is 0 Å². The molecule has 130 valence electrons. The Labute approximate surface area is 146 Å². The van der Waals surface area contributed by atoms with Gasteiger partial charge >= 0.3 is 0 Å². The average molecular weight is 347 g/mol. The molecule has 0 aromatic carbocycles. The van der Waals surface area contributed by atoms with E-state index in [2.05, 4.69) is 34.1 Å². The Bertz CT molecular complexity index is 727. The number of hydrogen-bond acceptors (Lipinski definition) is 5. The van der Waals surface area contributed by atoms with E-state index in [9.17, 15) is 4.79 Å². The van der Waals surface area contributed by atoms with Gasteiger partial charge in [-0.25, -0.2) is 4.98 Å². The fraction of sp³-hybridized carbons (Fsp3) is 0.588. The number of carbonyl (C=O) groups excluding carboxylic acids is 1. The summed E-state index contributed by atoms with van der Waals surface area (Å²) in [4.78, 5) is 20.7. The van der Waals surface area contributed by atoms with Gasteiger partial charge in [0, 0.05) is 37.6 Å². The number of nitrogens with one attached hydrogen (secondary N) is 1. The number of thiazole rings is 1. The zero-order valence-corrected chi connectivity index (χ0v) is 15.6. The van der Waals surface area contributed by atoms with Crippen molar-refractivity contribution in [3.63, 3.8) is 0 Å². The second kappa shape index (κ2) is 7.03. The summed E-state index contributed by atoms with van der Waals surface area (Å²) in [5.41, 5.74) is 2.65. The van der Waals surface area contributed by atoms with Crippen molar-refractivity contribution in [3.05, 3.63) is 33.0 Å². The van der Waals surface area contributed by atoms with Crippen molar-refractivity contribution in [3.8, 4) is 0 Å². The van der Waals surface area contributed by atoms with E-state index in [0.717, 1.165) is 48.9 Å². The molecule has 3 rings (SSSR count). The fourth-order valence-corrected chi connectivity index (χ4v) is 4.22. The second-order valence-electron chi connectivity index (χ2n) is 6.56. The Morgan fingerprint density at radius 2 is 2.04 bits per heavy atom. The van der Waals surface area contributed by atoms with Gasteiger partial charge in [-0.05, 0) is 39.7 Å². The van der Waals surface area contributed by atoms with Crippen molar-refractivity contribution < 1.29 is 4.79 Å². The van der Waals surface area contributed by atoms with Gasteiger partial charge in [-0.1, -0.05) is 0 Å². The minimum Gasteiger partial charge on any atom is -0.348 e. The van der Waals surface area contributed by atoms with Crippen molar-refractivity contribution in [2.75, 3.05) is 13.1 Å². The van der Waals surface area contributed by atoms with Gasteiger partial charge in [-0.3, -0.25) is 14.4 Å². The summed E-state index contributed by atoms with van der Waals surface area (Å²) >= 11 is 1.79. The number of hydrogen-bond donors (Lipinski definition) is 1. The van der Waals surface area contributed by atoms with E-state index in [4.69, 9.17) is 0 Å². The molecule has 7 heteroatoms. The molecule has 0 aliphatic carbocycles. The molecule has 1 fully saturated rings. The SMILES string of the molecule is Cc1cc(C(=O)NC2CCN(Cc3sc(C)nc3C)CC2)n(C)n1. The number of aryl methyl sites for hydroxylation is 4. The topological polar surface area (TPSA) is 63.1 Å². The van der Waals surface area contributed by atoms with Crippen LogP contribution in [-0.2, 0) is 13.6 Å². The minimum atomic E-state index is -0.0227. The average Bonchev–Trinajstić information content (AvgIpc) is 3.02. The highest BCUT2D eigenvalue weighted by molar-refractivity contribution is 7.11. The minimum absolute atomic E-state index is 0.0227. The molecule has 1 N–H and O–H groups in total. The van der Waals surface area contributed by atoms with Gasteiger partial charge in [0.25, 0.3) is 5.91 Å². The van der Waals surface area contributed by atoms with Crippen LogP contribution in [0.4, 0.5) is 0 Å². The summed E-state index contributed by atoms with van der Waals surface area (Å²) in [6.45, 7) is 9.03. The number of likely N-dealkylation sites (tertiary alicyclic amines) is 1. The van der Waals surface area contributed by atoms with E-state index in [1.807, 2.05) is 20.0 Å². The smallest absolute Gasteiger partial charge is 0.269 e. The van der Waals surface area contributed by atoms with Crippen LogP contribution in [0.2, 0.25) is 0 Å². The Hall–Kier alpha value is -1.73. The molecule has 1 aliphatic heterocycles. The lowest BCUT2D eigenvalue weighted by Crippen LogP contribution is -2.44. The van der Waals surface area contributed by atoms with E-state index in [1.54, 1.807) is 16.0 Å². The largest absolute Gasteiger partial charge is 0.348 e. The predicted molar refractivity (Wildman–Crippen MR) is 95.3 cm³/mol. The van der Waals surface area contributed by atoms with Crippen molar-refractivity contribution >= 4 is 17.2 Å². The van der Waals surface area contributed by atoms with Crippen LogP contribution in [0, 0.1) is 20.8 Å². The van der Waals surface area contributed by atoms with E-state index in [1.165, 1.54) is 4.88 Å². The number of nitrogens with zero attached hydrogens (tertiary/aromatic N) is 4. The summed E-state index contributed by atoms with van der Waals surface area (Å²) in [7, 11) is 1.81. The first kappa shape index (κ1) is 17.1. The molecule has 0 unspecified atom stereocenters. The van der Waals surface area contributed by atoms with Crippen molar-refractivity contribution in [2.24, 2.45) is 7.05 Å². The molecule has 0 bridgehead atoms. The summed E-state index contributed by atoms with van der Waals surface area (Å²) in [6.07, 6.45) is 1.97. The Kier molecular flexibility index (Phi) is 5.01. The molecule has 0 radical (unpaired) electrons. The number of piperidine rings is 1. The predicted octanol–water partition coefficient (Wildman–Crippen LogP) is 2.20. The lowest BCUT2D eigenvalue weighted by molar-refractivity contribution is 0.0899. The van der Waals surface area contributed by atoms with Crippen LogP contribution < -0.4 is 5.32 Å². The van der Waals surface area contributed by atoms with E-state index < -0.39 is 0 Å². The van der Waals surface area contributed by atoms with Gasteiger partial charge in [-0.15, -0.1) is 11.3 Å². The zero-order valence-electron chi connectivity index (χ0n) is 14.8. The lowest BCUT2D eigenvalue weighted by atomic mass is 10.0. The molecule has 0 atom stereocenters. The summed E-state index contributed by atoms with van der Waals surface area (Å²) in [5.74, 6) is -0.0227. The first-order valence-corrected chi connectivity index (χ1v) is 9.21. The lowest BCUT2D eigenvalue weighted by Gasteiger charge is -2.32. The third kappa shape index (κ3) is 3.84. The highest BCUT2D eigenvalue weighted by atomic mass is 32.1. The number of amides is 1. The van der Waals surface area contributed by atoms with Gasteiger partial charge in [0.1, 0.15) is 5.69 Å². The molecular formula is C17H25N5OS. The van der Waals surface area contributed by atoms with Crippen LogP contribution in [0.1, 0.15) is 44.6 Å². The molecule has 24 heavy (non-hydrogen) atoms. The first-order chi connectivity index (χ1) is 11.4. The number of carbonyl (C=O) groups is 1. The van der Waals surface area contributed by atoms with Crippen LogP contribution in [0.15, 0.2) is 6.07 Å². The molecule has 1 saturated heterocycles. The van der Waals surface area contributed by atoms with Crippen molar-refractivity contribution in [1.29, 1.82) is 0 Å². The molecule has 1 aliphatic rings. The van der Waals surface area contributed by atoms with E-state index >= 15 is 0 Å². The van der Waals surface area contributed by atoms with Crippen LogP contribution >= 0.6 is 11.3 Å². The van der Waals surface area contributed by atoms with Crippen molar-refractivity contribution in [2.45, 2.75) is 46.2 Å². The van der Waals surface area contributed by atoms with Crippen LogP contribution in [0.25, 0.3) is 0 Å². The highest BCUT2D eigenvalue weighted by Gasteiger charge is 2.23. The first-order valence-electron chi connectivity index (χ1n) is 8.39. The Morgan fingerprint density at radius 1 is 1.33 bits per heavy atom. The highest BCUT2D eigenvalue weighted by Crippen LogP contribution is 2.21. The normalized spacial score (nSPS) is 16.5. The summed E-state index contributed by atoms with van der Waals surface area (Å²) in [6, 6.07) is 2.08. The standard InChI is InChI=1S/C17H25N5OS/c1-11-9-15(21(4)20-11)17(23)19-14-5-7-22(8-6-14)10-16-12(2)18-13(3)24-16/h9,14H,5-8,10H2,1-4H3,(H,19,23). The molecule has 6 nitrogen and oxygen atoms in total. The van der Waals surface area contributed by atoms with Gasteiger partial charge < -0.3 is 5.32 Å². The molecular weight excluding hydrogens is 322 g/mol. The fourth-order valence-electron chi connectivity index (χ4n) is 3.24. The monoisotopic (exact) mass is 347 g/mol. The van der Waals surface area contributed by atoms with Crippen LogP contribution in [-0.4, -0.2) is 44.7 Å². The maximum Gasteiger partial charge on any atom is 0.269 e. The van der Waals surface area contributed by atoms with Gasteiger partial charge in [0.2, 0.25) is 0 Å².